The normalized spacial score (nSPS) is 22.9. The van der Waals surface area contributed by atoms with Crippen LogP contribution in [0, 0.1) is 5.92 Å². The fraction of sp³-hybridized carbons (Fsp3) is 0.947. The van der Waals surface area contributed by atoms with E-state index in [0.717, 1.165) is 6.54 Å². The van der Waals surface area contributed by atoms with Crippen LogP contribution in [0.25, 0.3) is 0 Å². The van der Waals surface area contributed by atoms with Crippen molar-refractivity contribution in [3.63, 3.8) is 0 Å². The number of nitrogens with zero attached hydrogens (tertiary/aromatic N) is 1. The Kier molecular flexibility index (Phi) is 7.54. The van der Waals surface area contributed by atoms with E-state index in [-0.39, 0.29) is 12.2 Å². The van der Waals surface area contributed by atoms with Gasteiger partial charge in [-0.15, -0.1) is 0 Å². The van der Waals surface area contributed by atoms with Crippen molar-refractivity contribution >= 4 is 6.09 Å². The van der Waals surface area contributed by atoms with Gasteiger partial charge in [0.1, 0.15) is 6.10 Å². The summed E-state index contributed by atoms with van der Waals surface area (Å²) in [7, 11) is 0. The molecule has 2 atom stereocenters. The first-order valence-corrected chi connectivity index (χ1v) is 9.73. The number of carbonyl (C=O) groups is 1. The molecule has 3 heteroatoms. The standard InChI is InChI=1S/C19H35NO2/c1-3-5-7-8-10-12-16(11-9-6-4-2)18-15-20(17-13-14-17)19(21)22-18/h16-18H,3-15H2,1-2H3. The minimum absolute atomic E-state index is 0.0426. The third-order valence-corrected chi connectivity index (χ3v) is 5.23. The molecule has 2 aliphatic rings. The molecule has 128 valence electrons. The van der Waals surface area contributed by atoms with Crippen molar-refractivity contribution in [3.05, 3.63) is 0 Å². The molecule has 22 heavy (non-hydrogen) atoms. The van der Waals surface area contributed by atoms with E-state index >= 15 is 0 Å². The molecule has 0 bridgehead atoms. The second kappa shape index (κ2) is 9.42. The van der Waals surface area contributed by atoms with Gasteiger partial charge in [-0.3, -0.25) is 0 Å². The number of amides is 1. The summed E-state index contributed by atoms with van der Waals surface area (Å²) in [6.07, 6.45) is 15.5. The third kappa shape index (κ3) is 5.48. The van der Waals surface area contributed by atoms with Gasteiger partial charge in [0.25, 0.3) is 0 Å². The van der Waals surface area contributed by atoms with Gasteiger partial charge >= 0.3 is 6.09 Å². The zero-order valence-electron chi connectivity index (χ0n) is 14.7. The Balaban J connectivity index is 1.76. The molecule has 1 aliphatic heterocycles. The summed E-state index contributed by atoms with van der Waals surface area (Å²) in [5.74, 6) is 0.584. The van der Waals surface area contributed by atoms with Crippen LogP contribution in [-0.4, -0.2) is 29.7 Å². The van der Waals surface area contributed by atoms with Crippen LogP contribution in [0.4, 0.5) is 4.79 Å². The first-order valence-electron chi connectivity index (χ1n) is 9.73. The number of unbranched alkanes of at least 4 members (excludes halogenated alkanes) is 6. The molecule has 0 N–H and O–H groups in total. The van der Waals surface area contributed by atoms with Gasteiger partial charge in [0, 0.05) is 6.04 Å². The zero-order valence-corrected chi connectivity index (χ0v) is 14.7. The van der Waals surface area contributed by atoms with E-state index in [2.05, 4.69) is 13.8 Å². The summed E-state index contributed by atoms with van der Waals surface area (Å²) in [6, 6.07) is 0.498. The van der Waals surface area contributed by atoms with E-state index < -0.39 is 0 Å². The zero-order chi connectivity index (χ0) is 15.8. The molecule has 0 aromatic rings. The van der Waals surface area contributed by atoms with E-state index in [1.54, 1.807) is 0 Å². The highest BCUT2D eigenvalue weighted by molar-refractivity contribution is 5.70. The van der Waals surface area contributed by atoms with Crippen molar-refractivity contribution in [1.29, 1.82) is 0 Å². The number of hydrogen-bond donors (Lipinski definition) is 0. The Labute approximate surface area is 136 Å². The molecular formula is C19H35NO2. The van der Waals surface area contributed by atoms with Crippen molar-refractivity contribution in [2.24, 2.45) is 5.92 Å². The lowest BCUT2D eigenvalue weighted by Crippen LogP contribution is -2.29. The van der Waals surface area contributed by atoms with Crippen LogP contribution >= 0.6 is 0 Å². The topological polar surface area (TPSA) is 29.5 Å². The summed E-state index contributed by atoms with van der Waals surface area (Å²) in [6.45, 7) is 5.37. The highest BCUT2D eigenvalue weighted by Crippen LogP contribution is 2.34. The number of ether oxygens (including phenoxy) is 1. The first kappa shape index (κ1) is 17.6. The average molecular weight is 309 g/mol. The fourth-order valence-corrected chi connectivity index (χ4v) is 3.62. The Morgan fingerprint density at radius 1 is 1.00 bits per heavy atom. The van der Waals surface area contributed by atoms with Crippen molar-refractivity contribution in [2.75, 3.05) is 6.54 Å². The van der Waals surface area contributed by atoms with Crippen LogP contribution in [0.15, 0.2) is 0 Å². The van der Waals surface area contributed by atoms with Crippen molar-refractivity contribution < 1.29 is 9.53 Å². The third-order valence-electron chi connectivity index (χ3n) is 5.23. The Bertz CT molecular complexity index is 327. The molecule has 1 aliphatic carbocycles. The summed E-state index contributed by atoms with van der Waals surface area (Å²) >= 11 is 0. The summed E-state index contributed by atoms with van der Waals surface area (Å²) in [5.41, 5.74) is 0. The lowest BCUT2D eigenvalue weighted by atomic mass is 9.89. The van der Waals surface area contributed by atoms with Gasteiger partial charge in [-0.25, -0.2) is 4.79 Å². The minimum atomic E-state index is -0.0426. The maximum atomic E-state index is 12.0. The Hall–Kier alpha value is -0.730. The second-order valence-corrected chi connectivity index (χ2v) is 7.26. The largest absolute Gasteiger partial charge is 0.444 e. The quantitative estimate of drug-likeness (QED) is 0.444. The number of cyclic esters (lactones) is 1. The molecule has 2 unspecified atom stereocenters. The van der Waals surface area contributed by atoms with Crippen LogP contribution in [0.5, 0.6) is 0 Å². The van der Waals surface area contributed by atoms with Gasteiger partial charge in [-0.05, 0) is 31.6 Å². The van der Waals surface area contributed by atoms with Crippen LogP contribution in [0.3, 0.4) is 0 Å². The minimum Gasteiger partial charge on any atom is -0.444 e. The molecule has 0 aromatic carbocycles. The average Bonchev–Trinajstić information content (AvgIpc) is 3.28. The SMILES string of the molecule is CCCCCCCC(CCCCC)C1CN(C2CC2)C(=O)O1. The molecular weight excluding hydrogens is 274 g/mol. The van der Waals surface area contributed by atoms with Gasteiger partial charge < -0.3 is 9.64 Å². The van der Waals surface area contributed by atoms with Gasteiger partial charge in [-0.1, -0.05) is 65.2 Å². The van der Waals surface area contributed by atoms with Gasteiger partial charge in [0.2, 0.25) is 0 Å². The first-order chi connectivity index (χ1) is 10.8. The predicted molar refractivity (Wildman–Crippen MR) is 91.0 cm³/mol. The summed E-state index contributed by atoms with van der Waals surface area (Å²) in [4.78, 5) is 14.0. The van der Waals surface area contributed by atoms with Gasteiger partial charge in [0.05, 0.1) is 6.54 Å². The lowest BCUT2D eigenvalue weighted by molar-refractivity contribution is 0.0937. The molecule has 1 saturated carbocycles. The fourth-order valence-electron chi connectivity index (χ4n) is 3.62. The van der Waals surface area contributed by atoms with E-state index in [1.807, 2.05) is 4.90 Å². The van der Waals surface area contributed by atoms with Crippen molar-refractivity contribution in [3.8, 4) is 0 Å². The molecule has 0 aromatic heterocycles. The van der Waals surface area contributed by atoms with Gasteiger partial charge in [-0.2, -0.15) is 0 Å². The molecule has 1 heterocycles. The van der Waals surface area contributed by atoms with Crippen LogP contribution in [-0.2, 0) is 4.74 Å². The highest BCUT2D eigenvalue weighted by atomic mass is 16.6. The second-order valence-electron chi connectivity index (χ2n) is 7.26. The molecule has 0 radical (unpaired) electrons. The number of rotatable bonds is 12. The Morgan fingerprint density at radius 2 is 1.59 bits per heavy atom. The molecule has 2 rings (SSSR count). The van der Waals surface area contributed by atoms with Crippen LogP contribution in [0.1, 0.15) is 90.9 Å². The monoisotopic (exact) mass is 309 g/mol. The molecule has 2 fully saturated rings. The number of carbonyl (C=O) groups excluding carboxylic acids is 1. The molecule has 3 nitrogen and oxygen atoms in total. The van der Waals surface area contributed by atoms with E-state index in [0.29, 0.717) is 12.0 Å². The molecule has 0 spiro atoms. The van der Waals surface area contributed by atoms with E-state index in [9.17, 15) is 4.79 Å². The maximum absolute atomic E-state index is 12.0. The summed E-state index contributed by atoms with van der Waals surface area (Å²) < 4.78 is 5.73. The Morgan fingerprint density at radius 3 is 2.23 bits per heavy atom. The van der Waals surface area contributed by atoms with Crippen molar-refractivity contribution in [1.82, 2.24) is 4.90 Å². The highest BCUT2D eigenvalue weighted by Gasteiger charge is 2.43. The predicted octanol–water partition coefficient (Wildman–Crippen LogP) is 5.53. The van der Waals surface area contributed by atoms with Gasteiger partial charge in [0.15, 0.2) is 0 Å². The van der Waals surface area contributed by atoms with E-state index in [1.165, 1.54) is 77.0 Å². The van der Waals surface area contributed by atoms with E-state index in [4.69, 9.17) is 4.74 Å². The molecule has 1 amide bonds. The smallest absolute Gasteiger partial charge is 0.410 e. The number of hydrogen-bond acceptors (Lipinski definition) is 2. The summed E-state index contributed by atoms with van der Waals surface area (Å²) in [5, 5.41) is 0. The van der Waals surface area contributed by atoms with Crippen LogP contribution < -0.4 is 0 Å². The maximum Gasteiger partial charge on any atom is 0.410 e. The van der Waals surface area contributed by atoms with Crippen LogP contribution in [0.2, 0.25) is 0 Å². The molecule has 1 saturated heterocycles. The lowest BCUT2D eigenvalue weighted by Gasteiger charge is -2.22. The van der Waals surface area contributed by atoms with Crippen molar-refractivity contribution in [2.45, 2.75) is 103 Å².